The van der Waals surface area contributed by atoms with E-state index in [1.54, 1.807) is 20.8 Å². The Hall–Kier alpha value is -1.06. The van der Waals surface area contributed by atoms with Crippen molar-refractivity contribution in [1.82, 2.24) is 20.9 Å². The molecule has 1 heterocycles. The Kier molecular flexibility index (Phi) is 9.01. The monoisotopic (exact) mass is 374 g/mol. The quantitative estimate of drug-likeness (QED) is 0.656. The number of hydrogen-bond acceptors (Lipinski definition) is 4. The Morgan fingerprint density at radius 2 is 1.67 bits per heavy atom. The highest BCUT2D eigenvalue weighted by Crippen LogP contribution is 2.24. The van der Waals surface area contributed by atoms with Crippen molar-refractivity contribution >= 4 is 24.2 Å². The molecule has 142 valence electrons. The van der Waals surface area contributed by atoms with E-state index in [0.717, 1.165) is 0 Å². The molecule has 6 nitrogen and oxygen atoms in total. The van der Waals surface area contributed by atoms with Crippen LogP contribution in [-0.4, -0.2) is 68.2 Å². The van der Waals surface area contributed by atoms with Crippen LogP contribution in [0.4, 0.5) is 13.2 Å². The second-order valence-electron chi connectivity index (χ2n) is 6.58. The van der Waals surface area contributed by atoms with Crippen LogP contribution in [0, 0.1) is 5.41 Å². The van der Waals surface area contributed by atoms with Crippen molar-refractivity contribution in [1.29, 1.82) is 0 Å². The molecule has 0 saturated carbocycles. The van der Waals surface area contributed by atoms with Crippen molar-refractivity contribution in [3.63, 3.8) is 0 Å². The lowest BCUT2D eigenvalue weighted by atomic mass is 9.96. The second kappa shape index (κ2) is 9.43. The van der Waals surface area contributed by atoms with Crippen LogP contribution in [0.25, 0.3) is 0 Å². The van der Waals surface area contributed by atoms with Gasteiger partial charge in [0, 0.05) is 38.1 Å². The molecule has 0 aromatic rings. The van der Waals surface area contributed by atoms with Crippen molar-refractivity contribution in [2.24, 2.45) is 5.41 Å². The molecule has 0 aliphatic carbocycles. The maximum Gasteiger partial charge on any atom is 0.405 e. The van der Waals surface area contributed by atoms with E-state index in [-0.39, 0.29) is 37.9 Å². The van der Waals surface area contributed by atoms with Crippen LogP contribution in [0.2, 0.25) is 0 Å². The standard InChI is InChI=1S/C14H25F3N4O2.ClH/c1-13(2,3)12(23)20-9-11(22)19-8-10(14(15,16)17)21-6-4-18-5-7-21;/h10,18H,4-9H2,1-3H3,(H,19,22)(H,20,23);1H. The predicted molar refractivity (Wildman–Crippen MR) is 87.0 cm³/mol. The highest BCUT2D eigenvalue weighted by Gasteiger charge is 2.43. The van der Waals surface area contributed by atoms with Gasteiger partial charge in [-0.05, 0) is 0 Å². The Morgan fingerprint density at radius 3 is 2.12 bits per heavy atom. The highest BCUT2D eigenvalue weighted by atomic mass is 35.5. The molecule has 1 aliphatic heterocycles. The number of amides is 2. The molecule has 1 rings (SSSR count). The van der Waals surface area contributed by atoms with Crippen LogP contribution in [0.3, 0.4) is 0 Å². The normalized spacial score (nSPS) is 17.6. The number of hydrogen-bond donors (Lipinski definition) is 3. The Morgan fingerprint density at radius 1 is 1.12 bits per heavy atom. The van der Waals surface area contributed by atoms with Gasteiger partial charge >= 0.3 is 6.18 Å². The van der Waals surface area contributed by atoms with E-state index in [9.17, 15) is 22.8 Å². The van der Waals surface area contributed by atoms with Crippen LogP contribution < -0.4 is 16.0 Å². The summed E-state index contributed by atoms with van der Waals surface area (Å²) in [7, 11) is 0. The van der Waals surface area contributed by atoms with E-state index in [0.29, 0.717) is 13.1 Å². The summed E-state index contributed by atoms with van der Waals surface area (Å²) in [6.45, 7) is 5.74. The smallest absolute Gasteiger partial charge is 0.353 e. The number of rotatable bonds is 5. The Labute approximate surface area is 146 Å². The molecule has 0 aromatic heterocycles. The molecule has 24 heavy (non-hydrogen) atoms. The number of nitrogens with zero attached hydrogens (tertiary/aromatic N) is 1. The first-order valence-electron chi connectivity index (χ1n) is 7.58. The lowest BCUT2D eigenvalue weighted by Crippen LogP contribution is -2.58. The number of carbonyl (C=O) groups is 2. The van der Waals surface area contributed by atoms with E-state index >= 15 is 0 Å². The van der Waals surface area contributed by atoms with Gasteiger partial charge in [-0.25, -0.2) is 0 Å². The van der Waals surface area contributed by atoms with Crippen LogP contribution in [0.1, 0.15) is 20.8 Å². The zero-order valence-corrected chi connectivity index (χ0v) is 14.9. The fourth-order valence-electron chi connectivity index (χ4n) is 2.14. The van der Waals surface area contributed by atoms with Gasteiger partial charge in [-0.1, -0.05) is 20.8 Å². The molecule has 1 fully saturated rings. The second-order valence-corrected chi connectivity index (χ2v) is 6.58. The number of piperazine rings is 1. The van der Waals surface area contributed by atoms with E-state index in [4.69, 9.17) is 0 Å². The zero-order valence-electron chi connectivity index (χ0n) is 14.1. The summed E-state index contributed by atoms with van der Waals surface area (Å²) in [6.07, 6.45) is -4.42. The maximum atomic E-state index is 13.1. The average Bonchev–Trinajstić information content (AvgIpc) is 2.43. The summed E-state index contributed by atoms with van der Waals surface area (Å²) >= 11 is 0. The largest absolute Gasteiger partial charge is 0.405 e. The van der Waals surface area contributed by atoms with Gasteiger partial charge in [-0.2, -0.15) is 13.2 Å². The zero-order chi connectivity index (χ0) is 17.7. The summed E-state index contributed by atoms with van der Waals surface area (Å²) in [5.41, 5.74) is -0.657. The minimum atomic E-state index is -4.42. The third-order valence-electron chi connectivity index (χ3n) is 3.55. The van der Waals surface area contributed by atoms with Gasteiger partial charge in [-0.15, -0.1) is 12.4 Å². The van der Waals surface area contributed by atoms with Crippen LogP contribution >= 0.6 is 12.4 Å². The third-order valence-corrected chi connectivity index (χ3v) is 3.55. The third kappa shape index (κ3) is 7.67. The topological polar surface area (TPSA) is 73.5 Å². The van der Waals surface area contributed by atoms with Gasteiger partial charge in [-0.3, -0.25) is 14.5 Å². The summed E-state index contributed by atoms with van der Waals surface area (Å²) in [5.74, 6) is -0.964. The molecule has 10 heteroatoms. The molecule has 1 saturated heterocycles. The average molecular weight is 375 g/mol. The van der Waals surface area contributed by atoms with Crippen molar-refractivity contribution in [3.05, 3.63) is 0 Å². The van der Waals surface area contributed by atoms with Gasteiger partial charge in [0.25, 0.3) is 0 Å². The fourth-order valence-corrected chi connectivity index (χ4v) is 2.14. The van der Waals surface area contributed by atoms with Gasteiger partial charge in [0.05, 0.1) is 6.54 Å². The maximum absolute atomic E-state index is 13.1. The van der Waals surface area contributed by atoms with E-state index in [1.807, 2.05) is 0 Å². The molecule has 0 radical (unpaired) electrons. The summed E-state index contributed by atoms with van der Waals surface area (Å²) in [4.78, 5) is 24.6. The van der Waals surface area contributed by atoms with Gasteiger partial charge < -0.3 is 16.0 Å². The van der Waals surface area contributed by atoms with Crippen LogP contribution in [-0.2, 0) is 9.59 Å². The molecule has 2 amide bonds. The first-order chi connectivity index (χ1) is 10.5. The number of halogens is 4. The number of nitrogens with one attached hydrogen (secondary N) is 3. The first kappa shape index (κ1) is 22.9. The van der Waals surface area contributed by atoms with Crippen molar-refractivity contribution in [3.8, 4) is 0 Å². The van der Waals surface area contributed by atoms with Gasteiger partial charge in [0.15, 0.2) is 0 Å². The minimum Gasteiger partial charge on any atom is -0.353 e. The van der Waals surface area contributed by atoms with Crippen LogP contribution in [0.15, 0.2) is 0 Å². The Balaban J connectivity index is 0.00000529. The molecule has 1 aliphatic rings. The van der Waals surface area contributed by atoms with Gasteiger partial charge in [0.1, 0.15) is 6.04 Å². The highest BCUT2D eigenvalue weighted by molar-refractivity contribution is 5.87. The summed E-state index contributed by atoms with van der Waals surface area (Å²) in [6, 6.07) is -1.72. The van der Waals surface area contributed by atoms with E-state index < -0.39 is 30.1 Å². The van der Waals surface area contributed by atoms with Crippen molar-refractivity contribution in [2.45, 2.75) is 33.0 Å². The summed E-state index contributed by atoms with van der Waals surface area (Å²) < 4.78 is 39.4. The van der Waals surface area contributed by atoms with Crippen LogP contribution in [0.5, 0.6) is 0 Å². The molecule has 0 bridgehead atoms. The number of carbonyl (C=O) groups excluding carboxylic acids is 2. The van der Waals surface area contributed by atoms with Gasteiger partial charge in [0.2, 0.25) is 11.8 Å². The molecule has 1 atom stereocenters. The lowest BCUT2D eigenvalue weighted by molar-refractivity contribution is -0.184. The molecule has 0 aromatic carbocycles. The van der Waals surface area contributed by atoms with Crippen molar-refractivity contribution in [2.75, 3.05) is 39.3 Å². The summed E-state index contributed by atoms with van der Waals surface area (Å²) in [5, 5.41) is 7.66. The molecular formula is C14H26ClF3N4O2. The lowest BCUT2D eigenvalue weighted by Gasteiger charge is -2.35. The molecule has 3 N–H and O–H groups in total. The number of alkyl halides is 3. The van der Waals surface area contributed by atoms with E-state index in [2.05, 4.69) is 16.0 Å². The Bertz CT molecular complexity index is 421. The minimum absolute atomic E-state index is 0. The van der Waals surface area contributed by atoms with E-state index in [1.165, 1.54) is 4.90 Å². The SMILES string of the molecule is CC(C)(C)C(=O)NCC(=O)NCC(N1CCNCC1)C(F)(F)F.Cl. The molecule has 1 unspecified atom stereocenters. The fraction of sp³-hybridized carbons (Fsp3) is 0.857. The molecule has 0 spiro atoms. The first-order valence-corrected chi connectivity index (χ1v) is 7.58. The molecular weight excluding hydrogens is 349 g/mol. The predicted octanol–water partition coefficient (Wildman–Crippen LogP) is 0.523. The van der Waals surface area contributed by atoms with Crippen molar-refractivity contribution < 1.29 is 22.8 Å².